The van der Waals surface area contributed by atoms with Crippen molar-refractivity contribution in [1.29, 1.82) is 0 Å². The topological polar surface area (TPSA) is 35.5 Å². The van der Waals surface area contributed by atoms with Crippen molar-refractivity contribution in [2.24, 2.45) is 0 Å². The van der Waals surface area contributed by atoms with Gasteiger partial charge in [-0.2, -0.15) is 13.2 Å². The zero-order valence-corrected chi connectivity index (χ0v) is 13.0. The molecule has 2 N–H and O–H groups in total. The second-order valence-corrected chi connectivity index (χ2v) is 6.06. The zero-order valence-electron chi connectivity index (χ0n) is 11.5. The highest BCUT2D eigenvalue weighted by atomic mass is 79.9. The third kappa shape index (κ3) is 5.48. The highest BCUT2D eigenvalue weighted by Crippen LogP contribution is 2.30. The lowest BCUT2D eigenvalue weighted by Crippen LogP contribution is -2.36. The van der Waals surface area contributed by atoms with Crippen molar-refractivity contribution in [3.05, 3.63) is 28.2 Å². The van der Waals surface area contributed by atoms with Gasteiger partial charge in [-0.15, -0.1) is 0 Å². The van der Waals surface area contributed by atoms with Gasteiger partial charge in [-0.05, 0) is 46.5 Å². The van der Waals surface area contributed by atoms with E-state index in [2.05, 4.69) is 21.2 Å². The number of nitrogens with zero attached hydrogens (tertiary/aromatic N) is 1. The van der Waals surface area contributed by atoms with E-state index in [0.717, 1.165) is 10.5 Å². The summed E-state index contributed by atoms with van der Waals surface area (Å²) in [6, 6.07) is 5.89. The van der Waals surface area contributed by atoms with Crippen molar-refractivity contribution in [2.75, 3.05) is 24.6 Å². The summed E-state index contributed by atoms with van der Waals surface area (Å²) in [5, 5.41) is 12.3. The van der Waals surface area contributed by atoms with Crippen LogP contribution in [-0.2, 0) is 6.54 Å². The molecule has 1 aliphatic carbocycles. The summed E-state index contributed by atoms with van der Waals surface area (Å²) >= 11 is 3.33. The highest BCUT2D eigenvalue weighted by molar-refractivity contribution is 9.10. The maximum atomic E-state index is 12.6. The van der Waals surface area contributed by atoms with Gasteiger partial charge in [0.05, 0.1) is 12.3 Å². The first kappa shape index (κ1) is 16.6. The van der Waals surface area contributed by atoms with Gasteiger partial charge >= 0.3 is 6.18 Å². The van der Waals surface area contributed by atoms with Gasteiger partial charge in [0.1, 0.15) is 6.54 Å². The van der Waals surface area contributed by atoms with E-state index in [1.807, 2.05) is 12.1 Å². The van der Waals surface area contributed by atoms with Crippen LogP contribution in [0.5, 0.6) is 0 Å². The molecule has 7 heteroatoms. The van der Waals surface area contributed by atoms with Gasteiger partial charge in [0.15, 0.2) is 0 Å². The third-order valence-electron chi connectivity index (χ3n) is 3.27. The molecule has 1 aliphatic rings. The summed E-state index contributed by atoms with van der Waals surface area (Å²) in [6.45, 7) is -0.750. The largest absolute Gasteiger partial charge is 0.405 e. The van der Waals surface area contributed by atoms with Gasteiger partial charge in [-0.25, -0.2) is 0 Å². The molecule has 21 heavy (non-hydrogen) atoms. The Balaban J connectivity index is 2.08. The first-order chi connectivity index (χ1) is 9.89. The minimum atomic E-state index is -4.30. The maximum Gasteiger partial charge on any atom is 0.405 e. The molecule has 0 atom stereocenters. The van der Waals surface area contributed by atoms with E-state index in [9.17, 15) is 13.2 Å². The number of aliphatic hydroxyl groups excluding tert-OH is 1. The van der Waals surface area contributed by atoms with Gasteiger partial charge in [0, 0.05) is 23.6 Å². The van der Waals surface area contributed by atoms with E-state index in [4.69, 9.17) is 5.11 Å². The summed E-state index contributed by atoms with van der Waals surface area (Å²) in [4.78, 5) is 1.13. The van der Waals surface area contributed by atoms with Crippen molar-refractivity contribution < 1.29 is 18.3 Å². The highest BCUT2D eigenvalue weighted by Gasteiger charge is 2.31. The molecule has 0 bridgehead atoms. The number of hydrogen-bond acceptors (Lipinski definition) is 3. The number of anilines is 1. The molecule has 3 nitrogen and oxygen atoms in total. The van der Waals surface area contributed by atoms with Gasteiger partial charge in [0.25, 0.3) is 0 Å². The van der Waals surface area contributed by atoms with Crippen molar-refractivity contribution in [3.8, 4) is 0 Å². The maximum absolute atomic E-state index is 12.6. The Kier molecular flexibility index (Phi) is 5.51. The summed E-state index contributed by atoms with van der Waals surface area (Å²) in [7, 11) is 0. The number of halogens is 4. The van der Waals surface area contributed by atoms with Crippen molar-refractivity contribution in [2.45, 2.75) is 31.6 Å². The van der Waals surface area contributed by atoms with Crippen molar-refractivity contribution >= 4 is 21.6 Å². The van der Waals surface area contributed by atoms with Crippen LogP contribution in [0.3, 0.4) is 0 Å². The van der Waals surface area contributed by atoms with Crippen LogP contribution in [0, 0.1) is 0 Å². The predicted octanol–water partition coefficient (Wildman–Crippen LogP) is 3.06. The first-order valence-electron chi connectivity index (χ1n) is 6.83. The third-order valence-corrected chi connectivity index (χ3v) is 3.90. The molecule has 0 saturated heterocycles. The lowest BCUT2D eigenvalue weighted by molar-refractivity contribution is -0.119. The molecule has 118 valence electrons. The first-order valence-corrected chi connectivity index (χ1v) is 7.63. The summed E-state index contributed by atoms with van der Waals surface area (Å²) in [5.74, 6) is 0. The zero-order chi connectivity index (χ0) is 15.5. The Hall–Kier alpha value is -0.790. The van der Waals surface area contributed by atoms with Crippen LogP contribution in [0.2, 0.25) is 0 Å². The number of aliphatic hydroxyl groups is 1. The number of rotatable bonds is 7. The van der Waals surface area contributed by atoms with Crippen LogP contribution in [0.4, 0.5) is 18.9 Å². The second-order valence-electron chi connectivity index (χ2n) is 5.20. The monoisotopic (exact) mass is 366 g/mol. The second kappa shape index (κ2) is 6.98. The molecule has 1 aromatic rings. The molecule has 1 fully saturated rings. The molecule has 2 rings (SSSR count). The molecule has 0 aromatic heterocycles. The molecule has 0 amide bonds. The van der Waals surface area contributed by atoms with E-state index in [0.29, 0.717) is 22.7 Å². The molecular formula is C14H18BrF3N2O. The van der Waals surface area contributed by atoms with Gasteiger partial charge in [-0.1, -0.05) is 6.07 Å². The number of benzene rings is 1. The predicted molar refractivity (Wildman–Crippen MR) is 79.4 cm³/mol. The Bertz CT molecular complexity index is 478. The van der Waals surface area contributed by atoms with Crippen LogP contribution in [0.25, 0.3) is 0 Å². The molecule has 0 unspecified atom stereocenters. The molecule has 1 saturated carbocycles. The van der Waals surface area contributed by atoms with Crippen LogP contribution in [0.15, 0.2) is 22.7 Å². The quantitative estimate of drug-likeness (QED) is 0.778. The van der Waals surface area contributed by atoms with Crippen LogP contribution in [0.1, 0.15) is 18.4 Å². The molecule has 0 radical (unpaired) electrons. The van der Waals surface area contributed by atoms with E-state index >= 15 is 0 Å². The summed E-state index contributed by atoms with van der Waals surface area (Å²) < 4.78 is 38.4. The van der Waals surface area contributed by atoms with Crippen LogP contribution < -0.4 is 10.2 Å². The Morgan fingerprint density at radius 3 is 2.57 bits per heavy atom. The minimum Gasteiger partial charge on any atom is -0.395 e. The normalized spacial score (nSPS) is 15.3. The lowest BCUT2D eigenvalue weighted by atomic mass is 10.2. The van der Waals surface area contributed by atoms with E-state index in [1.165, 1.54) is 12.8 Å². The fourth-order valence-corrected chi connectivity index (χ4v) is 2.77. The standard InChI is InChI=1S/C14H18BrF3N2O/c15-12-7-10(8-19-11-2-3-11)1-4-13(12)20(5-6-21)9-14(16,17)18/h1,4,7,11,19,21H,2-3,5-6,8-9H2. The van der Waals surface area contributed by atoms with Crippen LogP contribution in [-0.4, -0.2) is 37.0 Å². The number of hydrogen-bond donors (Lipinski definition) is 2. The van der Waals surface area contributed by atoms with E-state index in [1.54, 1.807) is 6.07 Å². The van der Waals surface area contributed by atoms with Crippen molar-refractivity contribution in [1.82, 2.24) is 5.32 Å². The van der Waals surface area contributed by atoms with Crippen LogP contribution >= 0.6 is 15.9 Å². The van der Waals surface area contributed by atoms with Crippen molar-refractivity contribution in [3.63, 3.8) is 0 Å². The Labute approximate surface area is 130 Å². The fraction of sp³-hybridized carbons (Fsp3) is 0.571. The van der Waals surface area contributed by atoms with Gasteiger partial charge in [-0.3, -0.25) is 0 Å². The Morgan fingerprint density at radius 2 is 2.05 bits per heavy atom. The number of alkyl halides is 3. The molecule has 1 aromatic carbocycles. The fourth-order valence-electron chi connectivity index (χ4n) is 2.09. The molecule has 0 aliphatic heterocycles. The average molecular weight is 367 g/mol. The molecule has 0 spiro atoms. The summed E-state index contributed by atoms with van der Waals surface area (Å²) in [6.07, 6.45) is -1.93. The average Bonchev–Trinajstić information content (AvgIpc) is 3.18. The van der Waals surface area contributed by atoms with Gasteiger partial charge < -0.3 is 15.3 Å². The number of nitrogens with one attached hydrogen (secondary N) is 1. The smallest absolute Gasteiger partial charge is 0.395 e. The molecular weight excluding hydrogens is 349 g/mol. The Morgan fingerprint density at radius 1 is 1.33 bits per heavy atom. The summed E-state index contributed by atoms with van der Waals surface area (Å²) in [5.41, 5.74) is 1.46. The van der Waals surface area contributed by atoms with E-state index in [-0.39, 0.29) is 13.2 Å². The van der Waals surface area contributed by atoms with E-state index < -0.39 is 12.7 Å². The molecule has 0 heterocycles. The van der Waals surface area contributed by atoms with Gasteiger partial charge in [0.2, 0.25) is 0 Å². The minimum absolute atomic E-state index is 0.0578. The lowest BCUT2D eigenvalue weighted by Gasteiger charge is -2.26. The SMILES string of the molecule is OCCN(CC(F)(F)F)c1ccc(CNC2CC2)cc1Br.